The summed E-state index contributed by atoms with van der Waals surface area (Å²) in [6.07, 6.45) is 0. The van der Waals surface area contributed by atoms with Crippen molar-refractivity contribution in [2.24, 2.45) is 11.7 Å². The van der Waals surface area contributed by atoms with Crippen LogP contribution in [-0.4, -0.2) is 24.4 Å². The Labute approximate surface area is 158 Å². The molecule has 0 bridgehead atoms. The smallest absolute Gasteiger partial charge is 0.239 e. The molecule has 0 aliphatic rings. The highest BCUT2D eigenvalue weighted by atomic mass is 32.2. The van der Waals surface area contributed by atoms with Crippen molar-refractivity contribution in [2.45, 2.75) is 36.2 Å². The van der Waals surface area contributed by atoms with Crippen molar-refractivity contribution in [3.8, 4) is 0 Å². The zero-order valence-corrected chi connectivity index (χ0v) is 15.9. The molecule has 0 fully saturated rings. The summed E-state index contributed by atoms with van der Waals surface area (Å²) in [5.74, 6) is -0.524. The molecule has 4 N–H and O–H groups in total. The van der Waals surface area contributed by atoms with Gasteiger partial charge in [0.05, 0.1) is 12.6 Å². The van der Waals surface area contributed by atoms with Crippen LogP contribution >= 0.6 is 11.8 Å². The van der Waals surface area contributed by atoms with Crippen LogP contribution in [0, 0.1) is 5.92 Å². The second-order valence-electron chi connectivity index (χ2n) is 6.29. The Kier molecular flexibility index (Phi) is 7.69. The number of hydrogen-bond acceptors (Lipinski definition) is 4. The average molecular weight is 372 g/mol. The van der Waals surface area contributed by atoms with Gasteiger partial charge in [0.2, 0.25) is 11.8 Å². The number of rotatable bonds is 8. The molecule has 0 aliphatic carbocycles. The summed E-state index contributed by atoms with van der Waals surface area (Å²) in [7, 11) is 0. The van der Waals surface area contributed by atoms with Crippen molar-refractivity contribution >= 4 is 23.6 Å². The number of carbonyl (C=O) groups is 2. The van der Waals surface area contributed by atoms with E-state index in [1.165, 1.54) is 0 Å². The molecule has 0 saturated heterocycles. The van der Waals surface area contributed by atoms with Gasteiger partial charge in [-0.1, -0.05) is 62.0 Å². The van der Waals surface area contributed by atoms with Crippen LogP contribution in [0.4, 0.5) is 0 Å². The summed E-state index contributed by atoms with van der Waals surface area (Å²) >= 11 is 1.65. The highest BCUT2D eigenvalue weighted by Crippen LogP contribution is 2.30. The Bertz CT molecular complexity index is 735. The number of nitrogens with two attached hydrogens (primary N) is 1. The monoisotopic (exact) mass is 371 g/mol. The Morgan fingerprint density at radius 1 is 1.00 bits per heavy atom. The lowest BCUT2D eigenvalue weighted by Gasteiger charge is -2.15. The number of nitrogens with one attached hydrogen (secondary N) is 2. The fourth-order valence-corrected chi connectivity index (χ4v) is 3.17. The average Bonchev–Trinajstić information content (AvgIpc) is 2.65. The van der Waals surface area contributed by atoms with Gasteiger partial charge in [-0.3, -0.25) is 9.59 Å². The van der Waals surface area contributed by atoms with Crippen LogP contribution < -0.4 is 16.4 Å². The Morgan fingerprint density at radius 3 is 2.35 bits per heavy atom. The third kappa shape index (κ3) is 6.20. The minimum atomic E-state index is -0.606. The van der Waals surface area contributed by atoms with E-state index < -0.39 is 6.04 Å². The largest absolute Gasteiger partial charge is 0.350 e. The molecule has 6 heteroatoms. The molecule has 0 heterocycles. The standard InChI is InChI=1S/C20H25N3O2S/c1-14(2)19(21)20(25)23-13-18(24)22-12-15-8-6-7-11-17(15)26-16-9-4-3-5-10-16/h3-11,14,19H,12-13,21H2,1-2H3,(H,22,24)(H,23,25)/t19-/m0/s1. The van der Waals surface area contributed by atoms with Crippen LogP contribution in [0.3, 0.4) is 0 Å². The van der Waals surface area contributed by atoms with Gasteiger partial charge in [-0.15, -0.1) is 0 Å². The SMILES string of the molecule is CC(C)[C@H](N)C(=O)NCC(=O)NCc1ccccc1Sc1ccccc1. The van der Waals surface area contributed by atoms with E-state index in [9.17, 15) is 9.59 Å². The van der Waals surface area contributed by atoms with E-state index in [4.69, 9.17) is 5.73 Å². The maximum atomic E-state index is 12.0. The lowest BCUT2D eigenvalue weighted by Crippen LogP contribution is -2.47. The summed E-state index contributed by atoms with van der Waals surface area (Å²) in [6, 6.07) is 17.4. The predicted molar refractivity (Wildman–Crippen MR) is 105 cm³/mol. The number of benzene rings is 2. The Morgan fingerprint density at radius 2 is 1.65 bits per heavy atom. The summed E-state index contributed by atoms with van der Waals surface area (Å²) in [6.45, 7) is 4.06. The van der Waals surface area contributed by atoms with Crippen molar-refractivity contribution < 1.29 is 9.59 Å². The van der Waals surface area contributed by atoms with Gasteiger partial charge in [-0.05, 0) is 29.7 Å². The zero-order chi connectivity index (χ0) is 18.9. The zero-order valence-electron chi connectivity index (χ0n) is 15.1. The van der Waals surface area contributed by atoms with Crippen molar-refractivity contribution in [1.29, 1.82) is 0 Å². The van der Waals surface area contributed by atoms with Crippen LogP contribution in [0.15, 0.2) is 64.4 Å². The van der Waals surface area contributed by atoms with Gasteiger partial charge >= 0.3 is 0 Å². The molecule has 0 aliphatic heterocycles. The van der Waals surface area contributed by atoms with Crippen molar-refractivity contribution in [2.75, 3.05) is 6.54 Å². The van der Waals surface area contributed by atoms with Gasteiger partial charge < -0.3 is 16.4 Å². The van der Waals surface area contributed by atoms with Gasteiger partial charge in [0, 0.05) is 16.3 Å². The third-order valence-corrected chi connectivity index (χ3v) is 4.99. The van der Waals surface area contributed by atoms with Gasteiger partial charge in [0.15, 0.2) is 0 Å². The van der Waals surface area contributed by atoms with Crippen molar-refractivity contribution in [3.63, 3.8) is 0 Å². The first-order chi connectivity index (χ1) is 12.5. The lowest BCUT2D eigenvalue weighted by atomic mass is 10.1. The van der Waals surface area contributed by atoms with Crippen LogP contribution in [0.5, 0.6) is 0 Å². The molecule has 2 rings (SSSR count). The second kappa shape index (κ2) is 9.99. The molecule has 2 amide bonds. The molecule has 0 saturated carbocycles. The third-order valence-electron chi connectivity index (χ3n) is 3.86. The summed E-state index contributed by atoms with van der Waals surface area (Å²) in [5.41, 5.74) is 6.79. The predicted octanol–water partition coefficient (Wildman–Crippen LogP) is 2.55. The molecule has 0 spiro atoms. The van der Waals surface area contributed by atoms with Gasteiger partial charge in [-0.25, -0.2) is 0 Å². The van der Waals surface area contributed by atoms with E-state index in [0.29, 0.717) is 6.54 Å². The van der Waals surface area contributed by atoms with E-state index in [1.54, 1.807) is 11.8 Å². The van der Waals surface area contributed by atoms with Gasteiger partial charge in [0.25, 0.3) is 0 Å². The number of hydrogen-bond donors (Lipinski definition) is 3. The van der Waals surface area contributed by atoms with Crippen LogP contribution in [0.2, 0.25) is 0 Å². The normalized spacial score (nSPS) is 11.8. The Hall–Kier alpha value is -2.31. The first-order valence-electron chi connectivity index (χ1n) is 8.58. The fraction of sp³-hybridized carbons (Fsp3) is 0.300. The summed E-state index contributed by atoms with van der Waals surface area (Å²) < 4.78 is 0. The molecule has 5 nitrogen and oxygen atoms in total. The quantitative estimate of drug-likeness (QED) is 0.666. The van der Waals surface area contributed by atoms with Crippen LogP contribution in [-0.2, 0) is 16.1 Å². The maximum absolute atomic E-state index is 12.0. The molecular weight excluding hydrogens is 346 g/mol. The highest BCUT2D eigenvalue weighted by Gasteiger charge is 2.17. The molecule has 138 valence electrons. The van der Waals surface area contributed by atoms with E-state index >= 15 is 0 Å². The van der Waals surface area contributed by atoms with Gasteiger partial charge in [0.1, 0.15) is 0 Å². The molecular formula is C20H25N3O2S. The topological polar surface area (TPSA) is 84.2 Å². The van der Waals surface area contributed by atoms with Gasteiger partial charge in [-0.2, -0.15) is 0 Å². The molecule has 26 heavy (non-hydrogen) atoms. The lowest BCUT2D eigenvalue weighted by molar-refractivity contribution is -0.127. The molecule has 0 unspecified atom stereocenters. The van der Waals surface area contributed by atoms with Crippen molar-refractivity contribution in [3.05, 3.63) is 60.2 Å². The first kappa shape index (κ1) is 20.0. The summed E-state index contributed by atoms with van der Waals surface area (Å²) in [5, 5.41) is 5.41. The van der Waals surface area contributed by atoms with E-state index in [0.717, 1.165) is 15.4 Å². The maximum Gasteiger partial charge on any atom is 0.239 e. The number of carbonyl (C=O) groups excluding carboxylic acids is 2. The second-order valence-corrected chi connectivity index (χ2v) is 7.40. The fourth-order valence-electron chi connectivity index (χ4n) is 2.21. The van der Waals surface area contributed by atoms with E-state index in [-0.39, 0.29) is 24.3 Å². The first-order valence-corrected chi connectivity index (χ1v) is 9.40. The van der Waals surface area contributed by atoms with E-state index in [2.05, 4.69) is 10.6 Å². The minimum absolute atomic E-state index is 0.0277. The van der Waals surface area contributed by atoms with Crippen LogP contribution in [0.1, 0.15) is 19.4 Å². The Balaban J connectivity index is 1.87. The molecule has 0 aromatic heterocycles. The molecule has 2 aromatic rings. The molecule has 2 aromatic carbocycles. The summed E-state index contributed by atoms with van der Waals surface area (Å²) in [4.78, 5) is 26.0. The highest BCUT2D eigenvalue weighted by molar-refractivity contribution is 7.99. The van der Waals surface area contributed by atoms with Crippen LogP contribution in [0.25, 0.3) is 0 Å². The number of amides is 2. The minimum Gasteiger partial charge on any atom is -0.350 e. The molecule has 1 atom stereocenters. The van der Waals surface area contributed by atoms with E-state index in [1.807, 2.05) is 68.4 Å². The van der Waals surface area contributed by atoms with Crippen molar-refractivity contribution in [1.82, 2.24) is 10.6 Å². The molecule has 0 radical (unpaired) electrons.